The number of carboxylic acid groups (broad SMARTS) is 1. The summed E-state index contributed by atoms with van der Waals surface area (Å²) in [6.45, 7) is 0.129. The lowest BCUT2D eigenvalue weighted by molar-refractivity contribution is -0.139. The second-order valence-corrected chi connectivity index (χ2v) is 8.10. The van der Waals surface area contributed by atoms with E-state index in [1.807, 2.05) is 66.7 Å². The molecule has 164 valence electrons. The van der Waals surface area contributed by atoms with Crippen molar-refractivity contribution in [3.8, 4) is 11.1 Å². The van der Waals surface area contributed by atoms with Crippen molar-refractivity contribution in [3.63, 3.8) is 0 Å². The molecule has 1 aromatic heterocycles. The monoisotopic (exact) mass is 438 g/mol. The van der Waals surface area contributed by atoms with Gasteiger partial charge in [-0.05, 0) is 39.9 Å². The van der Waals surface area contributed by atoms with E-state index < -0.39 is 18.1 Å². The van der Waals surface area contributed by atoms with Gasteiger partial charge < -0.3 is 15.2 Å². The third kappa shape index (κ3) is 4.15. The Morgan fingerprint density at radius 1 is 0.939 bits per heavy atom. The summed E-state index contributed by atoms with van der Waals surface area (Å²) in [6, 6.07) is 24.5. The minimum absolute atomic E-state index is 0.0869. The van der Waals surface area contributed by atoms with Crippen molar-refractivity contribution in [1.29, 1.82) is 0 Å². The molecule has 0 spiro atoms. The standard InChI is InChI=1S/C27H22N2O4/c30-26(31)25(14-17-13-18-7-1-6-12-24(18)28-15-17)29-27(32)33-16-23-21-10-4-2-8-19(21)20-9-3-5-11-22(20)23/h1-13,15,23,25H,14,16H2,(H,29,32)(H,30,31)/t25-/m0/s1. The summed E-state index contributed by atoms with van der Waals surface area (Å²) < 4.78 is 5.50. The van der Waals surface area contributed by atoms with Crippen LogP contribution >= 0.6 is 0 Å². The van der Waals surface area contributed by atoms with Crippen LogP contribution in [0, 0.1) is 0 Å². The highest BCUT2D eigenvalue weighted by atomic mass is 16.5. The smallest absolute Gasteiger partial charge is 0.407 e. The Kier molecular flexibility index (Phi) is 5.48. The van der Waals surface area contributed by atoms with Gasteiger partial charge in [-0.25, -0.2) is 9.59 Å². The molecule has 1 amide bonds. The summed E-state index contributed by atoms with van der Waals surface area (Å²) in [5, 5.41) is 13.1. The number of alkyl carbamates (subject to hydrolysis) is 1. The van der Waals surface area contributed by atoms with Crippen molar-refractivity contribution >= 4 is 23.0 Å². The van der Waals surface area contributed by atoms with Gasteiger partial charge in [0.1, 0.15) is 12.6 Å². The molecular formula is C27H22N2O4. The number of aliphatic carboxylic acids is 1. The Hall–Kier alpha value is -4.19. The Bertz CT molecular complexity index is 1310. The Balaban J connectivity index is 1.27. The second-order valence-electron chi connectivity index (χ2n) is 8.10. The van der Waals surface area contributed by atoms with Crippen LogP contribution in [0.1, 0.15) is 22.6 Å². The number of hydrogen-bond donors (Lipinski definition) is 2. The number of fused-ring (bicyclic) bond motifs is 4. The van der Waals surface area contributed by atoms with E-state index in [2.05, 4.69) is 22.4 Å². The Morgan fingerprint density at radius 3 is 2.27 bits per heavy atom. The van der Waals surface area contributed by atoms with Gasteiger partial charge in [-0.1, -0.05) is 66.7 Å². The van der Waals surface area contributed by atoms with Crippen LogP contribution in [0.15, 0.2) is 85.1 Å². The van der Waals surface area contributed by atoms with Crippen molar-refractivity contribution in [3.05, 3.63) is 102 Å². The van der Waals surface area contributed by atoms with Crippen molar-refractivity contribution < 1.29 is 19.4 Å². The van der Waals surface area contributed by atoms with Gasteiger partial charge in [0.05, 0.1) is 5.52 Å². The van der Waals surface area contributed by atoms with Crippen LogP contribution in [0.5, 0.6) is 0 Å². The highest BCUT2D eigenvalue weighted by molar-refractivity contribution is 5.82. The maximum Gasteiger partial charge on any atom is 0.407 e. The number of carbonyl (C=O) groups excluding carboxylic acids is 1. The molecule has 1 aliphatic rings. The average molecular weight is 438 g/mol. The summed E-state index contributed by atoms with van der Waals surface area (Å²) >= 11 is 0. The zero-order chi connectivity index (χ0) is 22.8. The number of pyridine rings is 1. The summed E-state index contributed by atoms with van der Waals surface area (Å²) in [7, 11) is 0. The fraction of sp³-hybridized carbons (Fsp3) is 0.148. The molecule has 0 saturated heterocycles. The largest absolute Gasteiger partial charge is 0.480 e. The molecule has 1 atom stereocenters. The van der Waals surface area contributed by atoms with E-state index in [0.717, 1.165) is 38.7 Å². The van der Waals surface area contributed by atoms with Gasteiger partial charge in [-0.3, -0.25) is 4.98 Å². The number of hydrogen-bond acceptors (Lipinski definition) is 4. The van der Waals surface area contributed by atoms with Gasteiger partial charge in [0, 0.05) is 23.9 Å². The van der Waals surface area contributed by atoms with Gasteiger partial charge in [-0.2, -0.15) is 0 Å². The molecule has 3 aromatic carbocycles. The number of nitrogens with zero attached hydrogens (tertiary/aromatic N) is 1. The molecule has 6 nitrogen and oxygen atoms in total. The number of ether oxygens (including phenoxy) is 1. The molecule has 0 radical (unpaired) electrons. The molecule has 0 saturated carbocycles. The number of rotatable bonds is 6. The van der Waals surface area contributed by atoms with Crippen molar-refractivity contribution in [2.45, 2.75) is 18.4 Å². The van der Waals surface area contributed by atoms with Crippen molar-refractivity contribution in [2.75, 3.05) is 6.61 Å². The molecule has 4 aromatic rings. The minimum Gasteiger partial charge on any atom is -0.480 e. The van der Waals surface area contributed by atoms with E-state index in [4.69, 9.17) is 4.74 Å². The van der Waals surface area contributed by atoms with E-state index in [-0.39, 0.29) is 18.9 Å². The lowest BCUT2D eigenvalue weighted by Crippen LogP contribution is -2.42. The maximum absolute atomic E-state index is 12.5. The lowest BCUT2D eigenvalue weighted by atomic mass is 9.98. The van der Waals surface area contributed by atoms with Crippen LogP contribution in [-0.2, 0) is 16.0 Å². The predicted octanol–water partition coefficient (Wildman–Crippen LogP) is 4.77. The second kappa shape index (κ2) is 8.74. The number of amides is 1. The predicted molar refractivity (Wildman–Crippen MR) is 125 cm³/mol. The molecule has 0 aliphatic heterocycles. The summed E-state index contributed by atoms with van der Waals surface area (Å²) in [6.07, 6.45) is 0.993. The Morgan fingerprint density at radius 2 is 1.58 bits per heavy atom. The first-order valence-corrected chi connectivity index (χ1v) is 10.8. The molecule has 33 heavy (non-hydrogen) atoms. The van der Waals surface area contributed by atoms with E-state index in [1.54, 1.807) is 6.20 Å². The van der Waals surface area contributed by atoms with Gasteiger partial charge in [0.15, 0.2) is 0 Å². The van der Waals surface area contributed by atoms with Gasteiger partial charge in [0.25, 0.3) is 0 Å². The summed E-state index contributed by atoms with van der Waals surface area (Å²) in [5.74, 6) is -1.22. The molecular weight excluding hydrogens is 416 g/mol. The SMILES string of the molecule is O=C(N[C@@H](Cc1cnc2ccccc2c1)C(=O)O)OCC1c2ccccc2-c2ccccc21. The van der Waals surface area contributed by atoms with E-state index in [1.165, 1.54) is 0 Å². The third-order valence-electron chi connectivity index (χ3n) is 6.02. The molecule has 1 heterocycles. The van der Waals surface area contributed by atoms with Gasteiger partial charge in [-0.15, -0.1) is 0 Å². The molecule has 0 unspecified atom stereocenters. The minimum atomic E-state index is -1.13. The first-order chi connectivity index (χ1) is 16.1. The molecule has 6 heteroatoms. The molecule has 2 N–H and O–H groups in total. The third-order valence-corrected chi connectivity index (χ3v) is 6.02. The molecule has 1 aliphatic carbocycles. The number of nitrogens with one attached hydrogen (secondary N) is 1. The first kappa shape index (κ1) is 20.7. The maximum atomic E-state index is 12.5. The highest BCUT2D eigenvalue weighted by Crippen LogP contribution is 2.44. The van der Waals surface area contributed by atoms with Crippen LogP contribution in [0.3, 0.4) is 0 Å². The van der Waals surface area contributed by atoms with Gasteiger partial charge >= 0.3 is 12.1 Å². The fourth-order valence-corrected chi connectivity index (χ4v) is 4.45. The quantitative estimate of drug-likeness (QED) is 0.453. The number of aromatic nitrogens is 1. The average Bonchev–Trinajstić information content (AvgIpc) is 3.16. The first-order valence-electron chi connectivity index (χ1n) is 10.8. The topological polar surface area (TPSA) is 88.5 Å². The van der Waals surface area contributed by atoms with E-state index >= 15 is 0 Å². The van der Waals surface area contributed by atoms with E-state index in [9.17, 15) is 14.7 Å². The number of benzene rings is 3. The fourth-order valence-electron chi connectivity index (χ4n) is 4.45. The normalized spacial score (nSPS) is 13.2. The van der Waals surface area contributed by atoms with Crippen LogP contribution in [0.4, 0.5) is 4.79 Å². The molecule has 0 bridgehead atoms. The zero-order valence-electron chi connectivity index (χ0n) is 17.8. The summed E-state index contributed by atoms with van der Waals surface area (Å²) in [5.41, 5.74) is 6.02. The molecule has 0 fully saturated rings. The molecule has 5 rings (SSSR count). The number of para-hydroxylation sites is 1. The summed E-state index contributed by atoms with van der Waals surface area (Å²) in [4.78, 5) is 28.7. The lowest BCUT2D eigenvalue weighted by Gasteiger charge is -2.17. The highest BCUT2D eigenvalue weighted by Gasteiger charge is 2.29. The van der Waals surface area contributed by atoms with Crippen LogP contribution in [0.25, 0.3) is 22.0 Å². The van der Waals surface area contributed by atoms with Crippen molar-refractivity contribution in [1.82, 2.24) is 10.3 Å². The van der Waals surface area contributed by atoms with Gasteiger partial charge in [0.2, 0.25) is 0 Å². The zero-order valence-corrected chi connectivity index (χ0v) is 17.8. The van der Waals surface area contributed by atoms with Crippen LogP contribution in [0.2, 0.25) is 0 Å². The van der Waals surface area contributed by atoms with Crippen LogP contribution in [-0.4, -0.2) is 34.8 Å². The number of carbonyl (C=O) groups is 2. The van der Waals surface area contributed by atoms with Crippen LogP contribution < -0.4 is 5.32 Å². The van der Waals surface area contributed by atoms with E-state index in [0.29, 0.717) is 0 Å². The Labute approximate surface area is 190 Å². The number of carboxylic acids is 1. The van der Waals surface area contributed by atoms with Crippen molar-refractivity contribution in [2.24, 2.45) is 0 Å².